The Morgan fingerprint density at radius 3 is 2.20 bits per heavy atom. The molecule has 4 nitrogen and oxygen atoms in total. The third-order valence-electron chi connectivity index (χ3n) is 3.43. The van der Waals surface area contributed by atoms with Crippen molar-refractivity contribution in [1.29, 1.82) is 0 Å². The van der Waals surface area contributed by atoms with E-state index in [0.717, 1.165) is 11.1 Å². The normalized spacial score (nSPS) is 11.0. The van der Waals surface area contributed by atoms with E-state index >= 15 is 0 Å². The number of esters is 1. The van der Waals surface area contributed by atoms with Gasteiger partial charge in [-0.2, -0.15) is 5.57 Å². The van der Waals surface area contributed by atoms with E-state index in [9.17, 15) is 9.59 Å². The largest absolute Gasteiger partial charge is 1.00 e. The number of Topliss-reactive ketones (excluding diaryl/α,β-unsaturated/α-hetero) is 1. The molecule has 0 amide bonds. The first-order valence-corrected chi connectivity index (χ1v) is 7.58. The summed E-state index contributed by atoms with van der Waals surface area (Å²) in [6.45, 7) is 8.84. The molecule has 0 fully saturated rings. The van der Waals surface area contributed by atoms with E-state index in [0.29, 0.717) is 12.4 Å². The monoisotopic (exact) mass is 330 g/mol. The van der Waals surface area contributed by atoms with Crippen molar-refractivity contribution < 1.29 is 37.9 Å². The van der Waals surface area contributed by atoms with Crippen LogP contribution in [0.1, 0.15) is 31.1 Å². The molecule has 0 N–H and O–H groups in total. The van der Waals surface area contributed by atoms with Gasteiger partial charge in [-0.25, -0.2) is 0 Å². The van der Waals surface area contributed by atoms with Crippen LogP contribution < -0.4 is 23.6 Å². The van der Waals surface area contributed by atoms with E-state index in [-0.39, 0.29) is 24.4 Å². The predicted octanol–water partition coefficient (Wildman–Crippen LogP) is 0.822. The van der Waals surface area contributed by atoms with Crippen molar-refractivity contribution >= 4 is 11.8 Å². The van der Waals surface area contributed by atoms with Crippen molar-refractivity contribution in [2.45, 2.75) is 26.6 Å². The second-order valence-corrected chi connectivity index (χ2v) is 5.40. The third kappa shape index (κ3) is 6.26. The summed E-state index contributed by atoms with van der Waals surface area (Å²) in [4.78, 5) is 23.0. The van der Waals surface area contributed by atoms with Crippen LogP contribution in [0.25, 0.3) is 0 Å². The Balaban J connectivity index is 0.00000312. The molecular formula is C20H19LiO4. The van der Waals surface area contributed by atoms with Crippen LogP contribution in [-0.2, 0) is 20.9 Å². The molecule has 124 valence electrons. The second kappa shape index (κ2) is 9.88. The van der Waals surface area contributed by atoms with Gasteiger partial charge in [-0.1, -0.05) is 49.4 Å². The van der Waals surface area contributed by atoms with Gasteiger partial charge in [-0.3, -0.25) is 11.4 Å². The van der Waals surface area contributed by atoms with Crippen LogP contribution in [0.15, 0.2) is 60.2 Å². The van der Waals surface area contributed by atoms with Crippen LogP contribution in [0.5, 0.6) is 5.75 Å². The van der Waals surface area contributed by atoms with Crippen LogP contribution in [0.4, 0.5) is 0 Å². The summed E-state index contributed by atoms with van der Waals surface area (Å²) in [5.74, 6) is -1.06. The molecular weight excluding hydrogens is 311 g/mol. The summed E-state index contributed by atoms with van der Waals surface area (Å²) in [5, 5.41) is 0. The summed E-state index contributed by atoms with van der Waals surface area (Å²) in [6.07, 6.45) is -0.552. The smallest absolute Gasteiger partial charge is 0.489 e. The first-order chi connectivity index (χ1) is 11.5. The van der Waals surface area contributed by atoms with Gasteiger partial charge in [0.25, 0.3) is 5.97 Å². The van der Waals surface area contributed by atoms with Crippen LogP contribution in [-0.4, -0.2) is 11.8 Å². The van der Waals surface area contributed by atoms with Crippen molar-refractivity contribution in [1.82, 2.24) is 0 Å². The molecule has 0 radical (unpaired) electrons. The molecule has 1 atom stereocenters. The standard InChI is InChI=1S/C20H19O4.Li/c1-14(2)19(21)20(22)24-15(3)17-9-11-18(12-10-17)23-13-16-7-5-4-6-8-16;/h1,4-12,15H,13H2,2-3H3;/q-1;+1. The van der Waals surface area contributed by atoms with E-state index in [4.69, 9.17) is 16.1 Å². The van der Waals surface area contributed by atoms with E-state index in [1.54, 1.807) is 31.2 Å². The van der Waals surface area contributed by atoms with Gasteiger partial charge in [-0.15, -0.1) is 0 Å². The van der Waals surface area contributed by atoms with Gasteiger partial charge in [0, 0.05) is 0 Å². The number of carbonyl (C=O) groups is 2. The van der Waals surface area contributed by atoms with Crippen LogP contribution in [0.3, 0.4) is 0 Å². The van der Waals surface area contributed by atoms with Gasteiger partial charge >= 0.3 is 18.9 Å². The van der Waals surface area contributed by atoms with Crippen LogP contribution in [0, 0.1) is 6.58 Å². The van der Waals surface area contributed by atoms with Crippen molar-refractivity contribution in [2.75, 3.05) is 0 Å². The summed E-state index contributed by atoms with van der Waals surface area (Å²) in [5.41, 5.74) is 1.76. The number of hydrogen-bond acceptors (Lipinski definition) is 4. The molecule has 0 aliphatic carbocycles. The van der Waals surface area contributed by atoms with E-state index in [2.05, 4.69) is 0 Å². The molecule has 0 saturated carbocycles. The molecule has 5 heteroatoms. The number of hydrogen-bond donors (Lipinski definition) is 0. The molecule has 2 rings (SSSR count). The molecule has 0 heterocycles. The first-order valence-electron chi connectivity index (χ1n) is 7.58. The SMILES string of the molecule is [CH-]=C(C)C(=O)C(=O)OC(C)c1ccc(OCc2ccccc2)cc1.[Li+]. The van der Waals surface area contributed by atoms with E-state index < -0.39 is 17.9 Å². The fourth-order valence-corrected chi connectivity index (χ4v) is 2.02. The molecule has 0 spiro atoms. The third-order valence-corrected chi connectivity index (χ3v) is 3.43. The Morgan fingerprint density at radius 1 is 1.04 bits per heavy atom. The van der Waals surface area contributed by atoms with Crippen LogP contribution in [0.2, 0.25) is 0 Å². The Kier molecular flexibility index (Phi) is 8.20. The summed E-state index contributed by atoms with van der Waals surface area (Å²) >= 11 is 0. The fourth-order valence-electron chi connectivity index (χ4n) is 2.02. The maximum absolute atomic E-state index is 11.6. The number of benzene rings is 2. The topological polar surface area (TPSA) is 52.6 Å². The van der Waals surface area contributed by atoms with Gasteiger partial charge in [0.2, 0.25) is 0 Å². The van der Waals surface area contributed by atoms with Gasteiger partial charge < -0.3 is 14.3 Å². The maximum atomic E-state index is 11.6. The van der Waals surface area contributed by atoms with Crippen LogP contribution >= 0.6 is 0 Å². The molecule has 2 aromatic rings. The zero-order valence-electron chi connectivity index (χ0n) is 14.7. The van der Waals surface area contributed by atoms with E-state index in [1.807, 2.05) is 30.3 Å². The van der Waals surface area contributed by atoms with Crippen molar-refractivity contribution in [2.24, 2.45) is 0 Å². The van der Waals surface area contributed by atoms with Gasteiger partial charge in [-0.05, 0) is 30.2 Å². The average molecular weight is 330 g/mol. The second-order valence-electron chi connectivity index (χ2n) is 5.40. The van der Waals surface area contributed by atoms with Crippen molar-refractivity contribution in [3.63, 3.8) is 0 Å². The molecule has 25 heavy (non-hydrogen) atoms. The first kappa shape index (κ1) is 20.8. The minimum absolute atomic E-state index is 0. The molecule has 0 aromatic heterocycles. The number of carbonyl (C=O) groups excluding carboxylic acids is 2. The van der Waals surface area contributed by atoms with Gasteiger partial charge in [0.1, 0.15) is 24.2 Å². The molecule has 1 unspecified atom stereocenters. The van der Waals surface area contributed by atoms with Gasteiger partial charge in [0.15, 0.2) is 0 Å². The molecule has 2 aromatic carbocycles. The predicted molar refractivity (Wildman–Crippen MR) is 90.2 cm³/mol. The molecule has 0 bridgehead atoms. The molecule has 0 aliphatic rings. The molecule has 0 saturated heterocycles. The zero-order chi connectivity index (χ0) is 17.5. The Morgan fingerprint density at radius 2 is 1.64 bits per heavy atom. The van der Waals surface area contributed by atoms with Crippen molar-refractivity contribution in [3.05, 3.63) is 77.9 Å². The Bertz CT molecular complexity index is 723. The Hall–Kier alpha value is -2.28. The molecule has 0 aliphatic heterocycles. The summed E-state index contributed by atoms with van der Waals surface area (Å²) in [7, 11) is 0. The number of ether oxygens (including phenoxy) is 2. The van der Waals surface area contributed by atoms with E-state index in [1.165, 1.54) is 6.92 Å². The average Bonchev–Trinajstić information content (AvgIpc) is 2.60. The number of rotatable bonds is 7. The van der Waals surface area contributed by atoms with Crippen molar-refractivity contribution in [3.8, 4) is 5.75 Å². The number of ketones is 1. The minimum atomic E-state index is -0.952. The minimum Gasteiger partial charge on any atom is -0.489 e. The summed E-state index contributed by atoms with van der Waals surface area (Å²) in [6, 6.07) is 17.0. The zero-order valence-corrected chi connectivity index (χ0v) is 14.7. The quantitative estimate of drug-likeness (QED) is 0.248. The fraction of sp³-hybridized carbons (Fsp3) is 0.200. The van der Waals surface area contributed by atoms with Gasteiger partial charge in [0.05, 0.1) is 0 Å². The summed E-state index contributed by atoms with van der Waals surface area (Å²) < 4.78 is 10.8. The maximum Gasteiger partial charge on any atom is 1.00 e. The Labute approximate surface area is 160 Å².